The third-order valence-corrected chi connectivity index (χ3v) is 4.41. The number of hydrogen-bond donors (Lipinski definition) is 1. The Bertz CT molecular complexity index is 397. The molecule has 0 atom stereocenters. The lowest BCUT2D eigenvalue weighted by Gasteiger charge is -2.27. The van der Waals surface area contributed by atoms with E-state index in [-0.39, 0.29) is 5.54 Å². The summed E-state index contributed by atoms with van der Waals surface area (Å²) in [6, 6.07) is 4.09. The molecule has 1 fully saturated rings. The number of benzene rings is 1. The number of halogens is 1. The summed E-state index contributed by atoms with van der Waals surface area (Å²) in [6.45, 7) is 2.12. The Morgan fingerprint density at radius 2 is 1.94 bits per heavy atom. The van der Waals surface area contributed by atoms with Crippen molar-refractivity contribution in [2.75, 3.05) is 7.11 Å². The molecule has 0 saturated heterocycles. The Kier molecular flexibility index (Phi) is 3.27. The molecule has 0 unspecified atom stereocenters. The van der Waals surface area contributed by atoms with Crippen molar-refractivity contribution in [2.45, 2.75) is 38.1 Å². The van der Waals surface area contributed by atoms with E-state index in [4.69, 9.17) is 10.5 Å². The van der Waals surface area contributed by atoms with Crippen LogP contribution in [0, 0.1) is 6.92 Å². The van der Waals surface area contributed by atoms with E-state index in [9.17, 15) is 0 Å². The van der Waals surface area contributed by atoms with Gasteiger partial charge in [0.2, 0.25) is 0 Å². The molecule has 16 heavy (non-hydrogen) atoms. The van der Waals surface area contributed by atoms with Crippen LogP contribution in [0.5, 0.6) is 5.75 Å². The summed E-state index contributed by atoms with van der Waals surface area (Å²) in [5.41, 5.74) is 8.82. The van der Waals surface area contributed by atoms with Crippen LogP contribution in [0.1, 0.15) is 36.8 Å². The van der Waals surface area contributed by atoms with E-state index in [0.29, 0.717) is 0 Å². The van der Waals surface area contributed by atoms with Crippen molar-refractivity contribution >= 4 is 15.9 Å². The number of ether oxygens (including phenoxy) is 1. The Morgan fingerprint density at radius 3 is 2.50 bits per heavy atom. The van der Waals surface area contributed by atoms with E-state index >= 15 is 0 Å². The molecule has 0 spiro atoms. The zero-order valence-electron chi connectivity index (χ0n) is 9.85. The van der Waals surface area contributed by atoms with Gasteiger partial charge < -0.3 is 10.5 Å². The largest absolute Gasteiger partial charge is 0.497 e. The second-order valence-electron chi connectivity index (χ2n) is 4.65. The monoisotopic (exact) mass is 283 g/mol. The maximum Gasteiger partial charge on any atom is 0.120 e. The standard InChI is InChI=1S/C13H18BrNO/c1-9-11(13(15)5-3-4-6-13)7-10(16-2)8-12(9)14/h7-8H,3-6,15H2,1-2H3. The minimum atomic E-state index is -0.152. The van der Waals surface area contributed by atoms with Gasteiger partial charge in [0.25, 0.3) is 0 Å². The van der Waals surface area contributed by atoms with E-state index < -0.39 is 0 Å². The molecule has 1 aromatic rings. The van der Waals surface area contributed by atoms with E-state index in [1.165, 1.54) is 24.0 Å². The quantitative estimate of drug-likeness (QED) is 0.902. The maximum atomic E-state index is 6.50. The van der Waals surface area contributed by atoms with Crippen LogP contribution in [0.2, 0.25) is 0 Å². The zero-order chi connectivity index (χ0) is 11.8. The van der Waals surface area contributed by atoms with Crippen molar-refractivity contribution in [3.05, 3.63) is 27.7 Å². The molecule has 0 heterocycles. The smallest absolute Gasteiger partial charge is 0.120 e. The number of nitrogens with two attached hydrogens (primary N) is 1. The zero-order valence-corrected chi connectivity index (χ0v) is 11.4. The van der Waals surface area contributed by atoms with Crippen LogP contribution >= 0.6 is 15.9 Å². The van der Waals surface area contributed by atoms with Crippen LogP contribution in [0.15, 0.2) is 16.6 Å². The maximum absolute atomic E-state index is 6.50. The fourth-order valence-electron chi connectivity index (χ4n) is 2.56. The average Bonchev–Trinajstić information content (AvgIpc) is 2.70. The van der Waals surface area contributed by atoms with Gasteiger partial charge in [0, 0.05) is 10.0 Å². The van der Waals surface area contributed by atoms with Crippen molar-refractivity contribution in [3.63, 3.8) is 0 Å². The van der Waals surface area contributed by atoms with Gasteiger partial charge in [-0.3, -0.25) is 0 Å². The van der Waals surface area contributed by atoms with Gasteiger partial charge in [0.05, 0.1) is 7.11 Å². The van der Waals surface area contributed by atoms with Crippen molar-refractivity contribution < 1.29 is 4.74 Å². The van der Waals surface area contributed by atoms with Crippen LogP contribution in [0.25, 0.3) is 0 Å². The molecule has 0 aromatic heterocycles. The topological polar surface area (TPSA) is 35.2 Å². The van der Waals surface area contributed by atoms with E-state index in [1.807, 2.05) is 6.07 Å². The average molecular weight is 284 g/mol. The minimum absolute atomic E-state index is 0.152. The third-order valence-electron chi connectivity index (χ3n) is 3.59. The summed E-state index contributed by atoms with van der Waals surface area (Å²) in [4.78, 5) is 0. The first-order valence-electron chi connectivity index (χ1n) is 5.70. The fraction of sp³-hybridized carbons (Fsp3) is 0.538. The van der Waals surface area contributed by atoms with Gasteiger partial charge in [-0.25, -0.2) is 0 Å². The molecule has 1 aliphatic rings. The van der Waals surface area contributed by atoms with Gasteiger partial charge in [-0.05, 0) is 43.0 Å². The second kappa shape index (κ2) is 4.38. The molecule has 1 aliphatic carbocycles. The Labute approximate surface area is 105 Å². The van der Waals surface area contributed by atoms with Gasteiger partial charge in [0.1, 0.15) is 5.75 Å². The molecular formula is C13H18BrNO. The summed E-state index contributed by atoms with van der Waals surface area (Å²) in [7, 11) is 1.69. The molecule has 0 radical (unpaired) electrons. The van der Waals surface area contributed by atoms with Gasteiger partial charge in [-0.2, -0.15) is 0 Å². The molecule has 2 rings (SSSR count). The van der Waals surface area contributed by atoms with Gasteiger partial charge in [0.15, 0.2) is 0 Å². The van der Waals surface area contributed by atoms with Crippen molar-refractivity contribution in [1.82, 2.24) is 0 Å². The molecule has 2 nitrogen and oxygen atoms in total. The first-order valence-corrected chi connectivity index (χ1v) is 6.49. The highest BCUT2D eigenvalue weighted by molar-refractivity contribution is 9.10. The van der Waals surface area contributed by atoms with Crippen molar-refractivity contribution in [2.24, 2.45) is 5.73 Å². The molecule has 2 N–H and O–H groups in total. The van der Waals surface area contributed by atoms with Crippen molar-refractivity contribution in [1.29, 1.82) is 0 Å². The Hall–Kier alpha value is -0.540. The summed E-state index contributed by atoms with van der Waals surface area (Å²) in [5, 5.41) is 0. The number of hydrogen-bond acceptors (Lipinski definition) is 2. The van der Waals surface area contributed by atoms with Crippen LogP contribution in [-0.2, 0) is 5.54 Å². The number of methoxy groups -OCH3 is 1. The summed E-state index contributed by atoms with van der Waals surface area (Å²) in [5.74, 6) is 0.879. The molecule has 3 heteroatoms. The molecule has 88 valence electrons. The normalized spacial score (nSPS) is 18.8. The molecule has 0 amide bonds. The van der Waals surface area contributed by atoms with Gasteiger partial charge in [-0.1, -0.05) is 28.8 Å². The Balaban J connectivity index is 2.50. The van der Waals surface area contributed by atoms with Gasteiger partial charge in [-0.15, -0.1) is 0 Å². The minimum Gasteiger partial charge on any atom is -0.497 e. The third kappa shape index (κ3) is 1.98. The molecule has 1 saturated carbocycles. The van der Waals surface area contributed by atoms with Gasteiger partial charge >= 0.3 is 0 Å². The molecule has 1 aromatic carbocycles. The predicted molar refractivity (Wildman–Crippen MR) is 69.8 cm³/mol. The van der Waals surface area contributed by atoms with Crippen LogP contribution in [-0.4, -0.2) is 7.11 Å². The predicted octanol–water partition coefficient (Wildman–Crippen LogP) is 3.49. The van der Waals surface area contributed by atoms with E-state index in [0.717, 1.165) is 23.1 Å². The lowest BCUT2D eigenvalue weighted by atomic mass is 9.86. The van der Waals surface area contributed by atoms with E-state index in [2.05, 4.69) is 28.9 Å². The summed E-state index contributed by atoms with van der Waals surface area (Å²) >= 11 is 3.57. The molecule has 0 bridgehead atoms. The summed E-state index contributed by atoms with van der Waals surface area (Å²) < 4.78 is 6.39. The van der Waals surface area contributed by atoms with Crippen LogP contribution in [0.3, 0.4) is 0 Å². The lowest BCUT2D eigenvalue weighted by Crippen LogP contribution is -2.34. The Morgan fingerprint density at radius 1 is 1.31 bits per heavy atom. The highest BCUT2D eigenvalue weighted by Crippen LogP contribution is 2.41. The lowest BCUT2D eigenvalue weighted by molar-refractivity contribution is 0.407. The first-order chi connectivity index (χ1) is 7.57. The number of rotatable bonds is 2. The first kappa shape index (κ1) is 11.9. The highest BCUT2D eigenvalue weighted by Gasteiger charge is 2.33. The second-order valence-corrected chi connectivity index (χ2v) is 5.50. The van der Waals surface area contributed by atoms with Crippen molar-refractivity contribution in [3.8, 4) is 5.75 Å². The fourth-order valence-corrected chi connectivity index (χ4v) is 3.00. The highest BCUT2D eigenvalue weighted by atomic mass is 79.9. The molecular weight excluding hydrogens is 266 g/mol. The SMILES string of the molecule is COc1cc(Br)c(C)c(C2(N)CCCC2)c1. The van der Waals surface area contributed by atoms with Crippen LogP contribution in [0.4, 0.5) is 0 Å². The summed E-state index contributed by atoms with van der Waals surface area (Å²) in [6.07, 6.45) is 4.61. The van der Waals surface area contributed by atoms with E-state index in [1.54, 1.807) is 7.11 Å². The van der Waals surface area contributed by atoms with Crippen LogP contribution < -0.4 is 10.5 Å². The molecule has 0 aliphatic heterocycles.